The molecule has 3 heterocycles. The smallest absolute Gasteiger partial charge is 0.251 e. The number of aromatic nitrogens is 3. The summed E-state index contributed by atoms with van der Waals surface area (Å²) in [5.74, 6) is 1.60. The fourth-order valence-electron chi connectivity index (χ4n) is 3.41. The lowest BCUT2D eigenvalue weighted by molar-refractivity contribution is 0.0934. The van der Waals surface area contributed by atoms with Crippen molar-refractivity contribution in [2.75, 3.05) is 13.1 Å². The van der Waals surface area contributed by atoms with Crippen molar-refractivity contribution in [3.05, 3.63) is 69.9 Å². The Morgan fingerprint density at radius 3 is 2.81 bits per heavy atom. The number of hydrogen-bond acceptors (Lipinski definition) is 5. The molecular formula is C19H21N5OS. The van der Waals surface area contributed by atoms with E-state index in [1.54, 1.807) is 11.3 Å². The molecule has 7 heteroatoms. The number of rotatable bonds is 5. The fraction of sp³-hybridized carbons (Fsp3) is 0.316. The van der Waals surface area contributed by atoms with E-state index in [1.807, 2.05) is 37.3 Å². The molecule has 2 atom stereocenters. The summed E-state index contributed by atoms with van der Waals surface area (Å²) in [4.78, 5) is 20.8. The third-order valence-electron chi connectivity index (χ3n) is 4.65. The number of carbonyl (C=O) groups is 1. The van der Waals surface area contributed by atoms with Gasteiger partial charge in [-0.25, -0.2) is 4.98 Å². The third-order valence-corrected chi connectivity index (χ3v) is 5.51. The van der Waals surface area contributed by atoms with E-state index in [0.29, 0.717) is 5.56 Å². The first-order valence-corrected chi connectivity index (χ1v) is 9.56. The van der Waals surface area contributed by atoms with Crippen molar-refractivity contribution >= 4 is 17.2 Å². The zero-order valence-electron chi connectivity index (χ0n) is 14.6. The molecule has 134 valence electrons. The van der Waals surface area contributed by atoms with Gasteiger partial charge in [-0.05, 0) is 30.5 Å². The summed E-state index contributed by atoms with van der Waals surface area (Å²) in [5, 5.41) is 12.6. The molecule has 6 nitrogen and oxygen atoms in total. The van der Waals surface area contributed by atoms with Gasteiger partial charge < -0.3 is 5.32 Å². The predicted octanol–water partition coefficient (Wildman–Crippen LogP) is 2.57. The van der Waals surface area contributed by atoms with Gasteiger partial charge in [0.25, 0.3) is 5.91 Å². The van der Waals surface area contributed by atoms with Gasteiger partial charge >= 0.3 is 0 Å². The van der Waals surface area contributed by atoms with Crippen LogP contribution in [0.4, 0.5) is 0 Å². The summed E-state index contributed by atoms with van der Waals surface area (Å²) in [6.07, 6.45) is 0. The number of aromatic amines is 1. The second-order valence-corrected chi connectivity index (χ2v) is 7.64. The van der Waals surface area contributed by atoms with Gasteiger partial charge in [-0.3, -0.25) is 14.8 Å². The first-order valence-electron chi connectivity index (χ1n) is 8.68. The maximum Gasteiger partial charge on any atom is 0.251 e. The molecule has 0 spiro atoms. The van der Waals surface area contributed by atoms with Gasteiger partial charge in [-0.15, -0.1) is 11.3 Å². The van der Waals surface area contributed by atoms with Gasteiger partial charge in [-0.2, -0.15) is 5.10 Å². The molecule has 0 bridgehead atoms. The largest absolute Gasteiger partial charge is 0.347 e. The van der Waals surface area contributed by atoms with Crippen molar-refractivity contribution in [1.82, 2.24) is 25.4 Å². The average molecular weight is 367 g/mol. The van der Waals surface area contributed by atoms with Gasteiger partial charge in [-0.1, -0.05) is 24.3 Å². The highest BCUT2D eigenvalue weighted by Gasteiger charge is 2.37. The second kappa shape index (κ2) is 7.39. The van der Waals surface area contributed by atoms with Gasteiger partial charge in [0, 0.05) is 30.1 Å². The molecule has 1 amide bonds. The molecule has 1 aliphatic rings. The molecule has 3 aromatic rings. The summed E-state index contributed by atoms with van der Waals surface area (Å²) >= 11 is 1.76. The summed E-state index contributed by atoms with van der Waals surface area (Å²) in [5.41, 5.74) is 0.675. The van der Waals surface area contributed by atoms with E-state index in [2.05, 4.69) is 42.9 Å². The first kappa shape index (κ1) is 16.9. The number of benzene rings is 1. The van der Waals surface area contributed by atoms with Gasteiger partial charge in [0.1, 0.15) is 5.82 Å². The van der Waals surface area contributed by atoms with Crippen molar-refractivity contribution in [2.45, 2.75) is 25.4 Å². The molecule has 0 saturated carbocycles. The Labute approximate surface area is 156 Å². The quantitative estimate of drug-likeness (QED) is 0.727. The van der Waals surface area contributed by atoms with Crippen molar-refractivity contribution < 1.29 is 4.79 Å². The molecule has 26 heavy (non-hydrogen) atoms. The molecule has 0 unspecified atom stereocenters. The van der Waals surface area contributed by atoms with E-state index in [0.717, 1.165) is 31.3 Å². The maximum atomic E-state index is 12.6. The molecule has 1 aromatic carbocycles. The maximum absolute atomic E-state index is 12.6. The topological polar surface area (TPSA) is 73.9 Å². The number of thiophene rings is 1. The number of nitrogens with zero attached hydrogens (tertiary/aromatic N) is 3. The lowest BCUT2D eigenvalue weighted by Gasteiger charge is -2.18. The Kier molecular flexibility index (Phi) is 4.81. The molecule has 2 N–H and O–H groups in total. The molecule has 0 aliphatic carbocycles. The van der Waals surface area contributed by atoms with E-state index in [1.165, 1.54) is 4.88 Å². The first-order chi connectivity index (χ1) is 12.7. The number of amides is 1. The summed E-state index contributed by atoms with van der Waals surface area (Å²) in [6, 6.07) is 13.5. The van der Waals surface area contributed by atoms with Crippen LogP contribution in [0.25, 0.3) is 0 Å². The Bertz CT molecular complexity index is 861. The number of likely N-dealkylation sites (tertiary alicyclic amines) is 1. The molecular weight excluding hydrogens is 346 g/mol. The lowest BCUT2D eigenvalue weighted by atomic mass is 10.0. The summed E-state index contributed by atoms with van der Waals surface area (Å²) < 4.78 is 0. The van der Waals surface area contributed by atoms with Crippen LogP contribution in [0.15, 0.2) is 47.8 Å². The Hall–Kier alpha value is -2.51. The van der Waals surface area contributed by atoms with Crippen molar-refractivity contribution in [3.8, 4) is 0 Å². The lowest BCUT2D eigenvalue weighted by Crippen LogP contribution is -2.40. The highest BCUT2D eigenvalue weighted by Crippen LogP contribution is 2.27. The molecule has 1 saturated heterocycles. The van der Waals surface area contributed by atoms with Gasteiger partial charge in [0.15, 0.2) is 5.82 Å². The predicted molar refractivity (Wildman–Crippen MR) is 101 cm³/mol. The zero-order valence-corrected chi connectivity index (χ0v) is 15.4. The SMILES string of the molecule is Cc1nc([C@@H]2CN(Cc3cccs3)C[C@H]2NC(=O)c2ccccc2)n[nH]1. The molecule has 4 rings (SSSR count). The minimum Gasteiger partial charge on any atom is -0.347 e. The van der Waals surface area contributed by atoms with E-state index < -0.39 is 0 Å². The highest BCUT2D eigenvalue weighted by atomic mass is 32.1. The van der Waals surface area contributed by atoms with Crippen LogP contribution in [0.2, 0.25) is 0 Å². The van der Waals surface area contributed by atoms with Gasteiger partial charge in [0.05, 0.1) is 12.0 Å². The van der Waals surface area contributed by atoms with Crippen LogP contribution in [0.3, 0.4) is 0 Å². The normalized spacial score (nSPS) is 20.3. The zero-order chi connectivity index (χ0) is 17.9. The van der Waals surface area contributed by atoms with Crippen LogP contribution in [0.5, 0.6) is 0 Å². The van der Waals surface area contributed by atoms with Crippen molar-refractivity contribution in [3.63, 3.8) is 0 Å². The van der Waals surface area contributed by atoms with E-state index in [9.17, 15) is 4.79 Å². The minimum atomic E-state index is -0.0502. The highest BCUT2D eigenvalue weighted by molar-refractivity contribution is 7.09. The number of H-pyrrole nitrogens is 1. The van der Waals surface area contributed by atoms with Crippen molar-refractivity contribution in [1.29, 1.82) is 0 Å². The Balaban J connectivity index is 1.52. The second-order valence-electron chi connectivity index (χ2n) is 6.60. The van der Waals surface area contributed by atoms with E-state index in [-0.39, 0.29) is 17.9 Å². The van der Waals surface area contributed by atoms with Crippen LogP contribution in [0, 0.1) is 6.92 Å². The average Bonchev–Trinajstić information content (AvgIpc) is 3.38. The van der Waals surface area contributed by atoms with E-state index in [4.69, 9.17) is 0 Å². The van der Waals surface area contributed by atoms with Crippen LogP contribution < -0.4 is 5.32 Å². The molecule has 0 radical (unpaired) electrons. The fourth-order valence-corrected chi connectivity index (χ4v) is 4.16. The monoisotopic (exact) mass is 367 g/mol. The minimum absolute atomic E-state index is 0.0159. The van der Waals surface area contributed by atoms with Crippen LogP contribution in [-0.4, -0.2) is 45.1 Å². The van der Waals surface area contributed by atoms with Crippen LogP contribution >= 0.6 is 11.3 Å². The van der Waals surface area contributed by atoms with E-state index >= 15 is 0 Å². The van der Waals surface area contributed by atoms with Crippen molar-refractivity contribution in [2.24, 2.45) is 0 Å². The molecule has 1 fully saturated rings. The molecule has 1 aliphatic heterocycles. The number of carbonyl (C=O) groups excluding carboxylic acids is 1. The Morgan fingerprint density at radius 2 is 2.12 bits per heavy atom. The standard InChI is InChI=1S/C19H21N5OS/c1-13-20-18(23-22-13)16-11-24(10-15-8-5-9-26-15)12-17(16)21-19(25)14-6-3-2-4-7-14/h2-9,16-17H,10-12H2,1H3,(H,21,25)(H,20,22,23)/t16-,17-/m1/s1. The van der Waals surface area contributed by atoms with Crippen LogP contribution in [-0.2, 0) is 6.54 Å². The number of nitrogens with one attached hydrogen (secondary N) is 2. The number of aryl methyl sites for hydroxylation is 1. The third kappa shape index (κ3) is 3.68. The Morgan fingerprint density at radius 1 is 1.27 bits per heavy atom. The number of hydrogen-bond donors (Lipinski definition) is 2. The molecule has 2 aromatic heterocycles. The van der Waals surface area contributed by atoms with Crippen LogP contribution in [0.1, 0.15) is 32.8 Å². The van der Waals surface area contributed by atoms with Gasteiger partial charge in [0.2, 0.25) is 0 Å². The summed E-state index contributed by atoms with van der Waals surface area (Å²) in [6.45, 7) is 4.39. The summed E-state index contributed by atoms with van der Waals surface area (Å²) in [7, 11) is 0.